The molecule has 6 N–H and O–H groups in total. The first kappa shape index (κ1) is 115. The predicted octanol–water partition coefficient (Wildman–Crippen LogP) is 14.5. The van der Waals surface area contributed by atoms with Crippen molar-refractivity contribution in [1.29, 1.82) is 5.26 Å². The van der Waals surface area contributed by atoms with E-state index in [4.69, 9.17) is 55.6 Å². The second-order valence-electron chi connectivity index (χ2n) is 31.9. The van der Waals surface area contributed by atoms with Crippen molar-refractivity contribution in [3.8, 4) is 46.3 Å². The molecule has 2 fully saturated rings. The maximum atomic E-state index is 13.3. The molecule has 137 heavy (non-hydrogen) atoms. The number of non-ortho nitro benzene ring substituents is 3. The molecule has 0 aliphatic carbocycles. The number of nitrogens with two attached hydrogens (primary N) is 3. The summed E-state index contributed by atoms with van der Waals surface area (Å²) in [6.07, 6.45) is 1.66. The number of hydrogen-bond acceptors (Lipinski definition) is 31. The van der Waals surface area contributed by atoms with Gasteiger partial charge in [0.2, 0.25) is 0 Å². The number of aryl methyl sites for hydroxylation is 5. The molecule has 746 valence electrons. The Labute approximate surface area is 793 Å². The Kier molecular flexibility index (Phi) is 45.4. The van der Waals surface area contributed by atoms with E-state index in [2.05, 4.69) is 23.8 Å². The Morgan fingerprint density at radius 2 is 0.766 bits per heavy atom. The highest BCUT2D eigenvalue weighted by Gasteiger charge is 2.36. The number of nitro groups is 3. The molecule has 2 saturated heterocycles. The zero-order chi connectivity index (χ0) is 102. The number of benzene rings is 7. The van der Waals surface area contributed by atoms with Crippen molar-refractivity contribution in [2.45, 2.75) is 116 Å². The fourth-order valence-electron chi connectivity index (χ4n) is 13.3. The molecule has 4 heterocycles. The van der Waals surface area contributed by atoms with Crippen LogP contribution in [0.3, 0.4) is 0 Å². The third-order valence-electron chi connectivity index (χ3n) is 21.0. The molecule has 0 bridgehead atoms. The highest BCUT2D eigenvalue weighted by Crippen LogP contribution is 2.37. The van der Waals surface area contributed by atoms with E-state index in [1.54, 1.807) is 92.0 Å². The summed E-state index contributed by atoms with van der Waals surface area (Å²) in [5, 5.41) is 39.9. The number of piperidine rings is 2. The number of anilines is 3. The second-order valence-corrected chi connectivity index (χ2v) is 41.0. The van der Waals surface area contributed by atoms with Crippen LogP contribution in [0, 0.1) is 53.5 Å². The molecule has 9 aromatic rings. The largest absolute Gasteiger partial charge is 0.496 e. The van der Waals surface area contributed by atoms with Crippen LogP contribution in [0.25, 0.3) is 0 Å². The van der Waals surface area contributed by atoms with Gasteiger partial charge in [0, 0.05) is 118 Å². The maximum absolute atomic E-state index is 13.3. The van der Waals surface area contributed by atoms with E-state index in [1.807, 2.05) is 21.9 Å². The van der Waals surface area contributed by atoms with E-state index < -0.39 is 77.9 Å². The molecule has 0 spiro atoms. The standard InChI is InChI=1S/C26H33F3N2O4S.C18H20O5S.C13H18F3N3.C10H13NO5S.C10H15NO3S.C8H10N2O3.C8H6N2O3/c1-18-10-13-31(14-11-18)25-21(7-9-24(30-25)26(27,28)29)6-8-22(32)16-19-4-5-20(23(17-19)35-2)12-15-36(3,33)34;1-22-17-12-14(8-9-15(17)10-11-24(2,20)21)13-18(19)23-16-6-4-3-5-7-16;1-9-4-6-19(7-5-9)12-10(8-17)2-3-11(18-12)13(14,15)16;1-16-10-7-9(11(12)13)4-3-8(10)5-6-17(2,14)15;1-14-10-7-9(11)4-3-8(10)5-6-15(2,12)13;2*1-13-8-4-7(10(11)12)3-2-6(8)5-9/h4-5,7,9,17-18H,6,8,10-16H2,1-3H3;3-9,12H,10-11,13H2,1-2H3;2-3,9H,4-8,17H2,1H3;3-4,7H,5-6H2,1-2H3;3-4,7H,5-6,11H2,1-2H3;2-4H,5,9H2,1H3;2-4H,1H3. The van der Waals surface area contributed by atoms with Crippen molar-refractivity contribution in [2.75, 3.05) is 132 Å². The van der Waals surface area contributed by atoms with Gasteiger partial charge in [-0.05, 0) is 169 Å². The number of carbonyl (C=O) groups is 2. The van der Waals surface area contributed by atoms with E-state index in [-0.39, 0.29) is 95.4 Å². The average Bonchev–Trinajstić information content (AvgIpc) is 0.795. The number of Topliss-reactive ketones (excluding diaryl/α,β-unsaturated/α-hetero) is 1. The number of para-hydroxylation sites is 1. The highest BCUT2D eigenvalue weighted by molar-refractivity contribution is 7.91. The molecule has 0 atom stereocenters. The Balaban J connectivity index is 0.000000292. The molecular formula is C93H115F6N11O23S4. The number of aromatic nitrogens is 2. The van der Waals surface area contributed by atoms with Crippen LogP contribution in [0.5, 0.6) is 40.2 Å². The van der Waals surface area contributed by atoms with Gasteiger partial charge in [-0.3, -0.25) is 39.9 Å². The van der Waals surface area contributed by atoms with E-state index >= 15 is 0 Å². The lowest BCUT2D eigenvalue weighted by Crippen LogP contribution is -2.34. The molecule has 0 radical (unpaired) electrons. The van der Waals surface area contributed by atoms with Gasteiger partial charge in [0.15, 0.2) is 0 Å². The fraction of sp³-hybridized carbons (Fsp3) is 0.409. The van der Waals surface area contributed by atoms with Gasteiger partial charge >= 0.3 is 18.3 Å². The van der Waals surface area contributed by atoms with Gasteiger partial charge in [0.05, 0.1) is 111 Å². The van der Waals surface area contributed by atoms with E-state index in [9.17, 15) is 99.9 Å². The van der Waals surface area contributed by atoms with Crippen LogP contribution >= 0.6 is 0 Å². The molecule has 0 saturated carbocycles. The number of alkyl halides is 6. The third-order valence-corrected chi connectivity index (χ3v) is 24.7. The maximum Gasteiger partial charge on any atom is 0.433 e. The van der Waals surface area contributed by atoms with Gasteiger partial charge in [-0.15, -0.1) is 0 Å². The van der Waals surface area contributed by atoms with E-state index in [0.717, 1.165) is 90.5 Å². The van der Waals surface area contributed by atoms with Crippen molar-refractivity contribution in [1.82, 2.24) is 9.97 Å². The molecule has 2 aliphatic heterocycles. The number of hydrogen-bond donors (Lipinski definition) is 3. The van der Waals surface area contributed by atoms with Crippen LogP contribution in [0.2, 0.25) is 0 Å². The first-order valence-electron chi connectivity index (χ1n) is 42.4. The van der Waals surface area contributed by atoms with Gasteiger partial charge in [0.25, 0.3) is 17.1 Å². The number of nitrogens with zero attached hydrogens (tertiary/aromatic N) is 8. The molecule has 11 rings (SSSR count). The van der Waals surface area contributed by atoms with Crippen LogP contribution in [-0.2, 0) is 119 Å². The van der Waals surface area contributed by atoms with Crippen LogP contribution in [0.1, 0.15) is 113 Å². The zero-order valence-corrected chi connectivity index (χ0v) is 81.2. The van der Waals surface area contributed by atoms with Crippen LogP contribution in [-0.4, -0.2) is 187 Å². The molecule has 0 amide bonds. The molecular weight excluding hydrogens is 1880 g/mol. The third kappa shape index (κ3) is 40.9. The lowest BCUT2D eigenvalue weighted by Gasteiger charge is -2.33. The average molecular weight is 2000 g/mol. The topological polar surface area (TPSA) is 499 Å². The van der Waals surface area contributed by atoms with E-state index in [1.165, 1.54) is 115 Å². The van der Waals surface area contributed by atoms with E-state index in [0.29, 0.717) is 126 Å². The molecule has 7 aromatic carbocycles. The first-order valence-corrected chi connectivity index (χ1v) is 50.6. The fourth-order valence-corrected chi connectivity index (χ4v) is 15.7. The number of carbonyl (C=O) groups excluding carboxylic acids is 2. The van der Waals surface area contributed by atoms with Gasteiger partial charge in [-0.25, -0.2) is 43.6 Å². The number of rotatable bonds is 33. The number of ketones is 1. The molecule has 34 nitrogen and oxygen atoms in total. The minimum Gasteiger partial charge on any atom is -0.496 e. The highest BCUT2D eigenvalue weighted by atomic mass is 32.2. The van der Waals surface area contributed by atoms with Gasteiger partial charge in [-0.2, -0.15) is 31.6 Å². The normalized spacial score (nSPS) is 12.8. The summed E-state index contributed by atoms with van der Waals surface area (Å²) >= 11 is 0. The monoisotopic (exact) mass is 2000 g/mol. The number of esters is 1. The summed E-state index contributed by atoms with van der Waals surface area (Å²) in [4.78, 5) is 66.0. The minimum atomic E-state index is -4.53. The Morgan fingerprint density at radius 1 is 0.438 bits per heavy atom. The molecule has 0 unspecified atom stereocenters. The van der Waals surface area contributed by atoms with Crippen molar-refractivity contribution in [3.63, 3.8) is 0 Å². The number of sulfone groups is 4. The number of nitrogen functional groups attached to an aromatic ring is 1. The summed E-state index contributed by atoms with van der Waals surface area (Å²) in [6, 6.07) is 43.7. The number of methoxy groups -OCH3 is 6. The number of nitriles is 1. The Morgan fingerprint density at radius 3 is 1.14 bits per heavy atom. The first-order chi connectivity index (χ1) is 64.3. The minimum absolute atomic E-state index is 0.00106. The Hall–Kier alpha value is -12.8. The second kappa shape index (κ2) is 54.2. The summed E-state index contributed by atoms with van der Waals surface area (Å²) < 4.78 is 203. The number of ether oxygens (including phenoxy) is 7. The summed E-state index contributed by atoms with van der Waals surface area (Å²) in [6.45, 7) is 7.55. The molecule has 2 aromatic heterocycles. The van der Waals surface area contributed by atoms with Crippen LogP contribution in [0.4, 0.5) is 60.7 Å². The smallest absolute Gasteiger partial charge is 0.433 e. The summed E-state index contributed by atoms with van der Waals surface area (Å²) in [5.41, 5.74) is 22.1. The predicted molar refractivity (Wildman–Crippen MR) is 509 cm³/mol. The van der Waals surface area contributed by atoms with Crippen molar-refractivity contribution < 1.29 is 118 Å². The lowest BCUT2D eigenvalue weighted by atomic mass is 9.97. The number of pyridine rings is 2. The SMILES string of the molecule is CC1CCN(c2nc(C(F)(F)F)ccc2CN)CC1.COc1cc(CC(=O)CCc2ccc(C(F)(F)F)nc2N2CCC(C)CC2)ccc1CCS(C)(=O)=O.COc1cc(CC(=O)Oc2ccccc2)ccc1CCS(C)(=O)=O.COc1cc(N)ccc1CCS(C)(=O)=O.COc1cc([N+](=O)[O-])ccc1C#N.COc1cc([N+](=O)[O-])ccc1CCS(C)(=O)=O.COc1cc([N+](=O)[O-])ccc1CN. The van der Waals surface area contributed by atoms with Gasteiger partial charge in [-0.1, -0.05) is 74.5 Å². The van der Waals surface area contributed by atoms with Crippen LogP contribution in [0.15, 0.2) is 164 Å². The van der Waals surface area contributed by atoms with Crippen molar-refractivity contribution >= 4 is 85.5 Å². The molecule has 44 heteroatoms. The van der Waals surface area contributed by atoms with Gasteiger partial charge < -0.3 is 60.2 Å². The summed E-state index contributed by atoms with van der Waals surface area (Å²) in [7, 11) is -3.40. The lowest BCUT2D eigenvalue weighted by molar-refractivity contribution is -0.385. The Bertz CT molecular complexity index is 6090. The van der Waals surface area contributed by atoms with Gasteiger partial charge in [0.1, 0.15) is 114 Å². The van der Waals surface area contributed by atoms with Crippen LogP contribution < -0.4 is 60.2 Å². The quantitative estimate of drug-likeness (QED) is 0.00858. The number of halogens is 6. The van der Waals surface area contributed by atoms with Crippen molar-refractivity contribution in [2.24, 2.45) is 23.3 Å². The molecule has 2 aliphatic rings. The number of nitro benzene ring substituents is 3. The zero-order valence-electron chi connectivity index (χ0n) is 77.9. The van der Waals surface area contributed by atoms with Crippen molar-refractivity contribution in [3.05, 3.63) is 261 Å². The summed E-state index contributed by atoms with van der Waals surface area (Å²) in [5.74, 6) is 4.83.